The Morgan fingerprint density at radius 3 is 1.89 bits per heavy atom. The Bertz CT molecular complexity index is 1230. The summed E-state index contributed by atoms with van der Waals surface area (Å²) in [5, 5.41) is 3.62. The Morgan fingerprint density at radius 1 is 0.947 bits per heavy atom. The Hall–Kier alpha value is -2.29. The van der Waals surface area contributed by atoms with Crippen molar-refractivity contribution in [3.63, 3.8) is 0 Å². The number of anilines is 1. The molecule has 0 radical (unpaired) electrons. The van der Waals surface area contributed by atoms with Crippen LogP contribution < -0.4 is 9.62 Å². The van der Waals surface area contributed by atoms with Crippen LogP contribution in [-0.2, 0) is 31.6 Å². The normalized spacial score (nSPS) is 13.1. The van der Waals surface area contributed by atoms with Crippen LogP contribution in [0.25, 0.3) is 0 Å². The number of nitrogens with zero attached hydrogens (tertiary/aromatic N) is 2. The average Bonchev–Trinajstić information content (AvgIpc) is 2.76. The lowest BCUT2D eigenvalue weighted by atomic mass is 9.87. The molecule has 2 aromatic carbocycles. The molecule has 0 aliphatic heterocycles. The third-order valence-electron chi connectivity index (χ3n) is 5.97. The molecule has 0 saturated heterocycles. The summed E-state index contributed by atoms with van der Waals surface area (Å²) in [5.74, 6) is -0.904. The monoisotopic (exact) mass is 583 g/mol. The van der Waals surface area contributed by atoms with Gasteiger partial charge in [-0.25, -0.2) is 8.42 Å². The van der Waals surface area contributed by atoms with Crippen molar-refractivity contribution in [1.82, 2.24) is 10.2 Å². The minimum absolute atomic E-state index is 0.0615. The average molecular weight is 585 g/mol. The van der Waals surface area contributed by atoms with Crippen molar-refractivity contribution in [3.8, 4) is 0 Å². The molecule has 2 amide bonds. The van der Waals surface area contributed by atoms with Crippen LogP contribution in [0.3, 0.4) is 0 Å². The number of hydrogen-bond donors (Lipinski definition) is 1. The largest absolute Gasteiger partial charge is 0.350 e. The van der Waals surface area contributed by atoms with E-state index in [1.54, 1.807) is 37.3 Å². The first-order chi connectivity index (χ1) is 17.3. The van der Waals surface area contributed by atoms with Crippen LogP contribution in [0, 0.1) is 0 Å². The van der Waals surface area contributed by atoms with Crippen LogP contribution in [0.1, 0.15) is 66.0 Å². The van der Waals surface area contributed by atoms with E-state index in [2.05, 4.69) is 26.1 Å². The van der Waals surface area contributed by atoms with E-state index in [1.165, 1.54) is 4.90 Å². The zero-order valence-electron chi connectivity index (χ0n) is 23.4. The molecular weight excluding hydrogens is 545 g/mol. The van der Waals surface area contributed by atoms with Crippen LogP contribution in [-0.4, -0.2) is 49.5 Å². The molecule has 1 atom stereocenters. The molecule has 0 aliphatic rings. The van der Waals surface area contributed by atoms with E-state index in [-0.39, 0.29) is 17.9 Å². The Labute approximate surface area is 237 Å². The van der Waals surface area contributed by atoms with Crippen LogP contribution in [0.15, 0.2) is 42.5 Å². The van der Waals surface area contributed by atoms with Crippen molar-refractivity contribution in [2.24, 2.45) is 0 Å². The van der Waals surface area contributed by atoms with Gasteiger partial charge in [0.1, 0.15) is 12.6 Å². The molecule has 0 bridgehead atoms. The van der Waals surface area contributed by atoms with Crippen molar-refractivity contribution in [2.45, 2.75) is 78.4 Å². The van der Waals surface area contributed by atoms with Gasteiger partial charge in [-0.05, 0) is 62.4 Å². The molecule has 0 unspecified atom stereocenters. The number of nitrogens with one attached hydrogen (secondary N) is 1. The highest BCUT2D eigenvalue weighted by Crippen LogP contribution is 2.29. The Kier molecular flexibility index (Phi) is 10.3. The summed E-state index contributed by atoms with van der Waals surface area (Å²) in [6.45, 7) is 13.0. The third-order valence-corrected chi connectivity index (χ3v) is 7.82. The van der Waals surface area contributed by atoms with E-state index < -0.39 is 34.1 Å². The molecule has 0 saturated carbocycles. The second kappa shape index (κ2) is 12.3. The van der Waals surface area contributed by atoms with Gasteiger partial charge in [-0.2, -0.15) is 0 Å². The van der Waals surface area contributed by atoms with Crippen molar-refractivity contribution in [2.75, 3.05) is 17.1 Å². The summed E-state index contributed by atoms with van der Waals surface area (Å²) in [7, 11) is -3.83. The first-order valence-electron chi connectivity index (χ1n) is 12.5. The lowest BCUT2D eigenvalue weighted by Crippen LogP contribution is -2.55. The quantitative estimate of drug-likeness (QED) is 0.405. The standard InChI is InChI=1S/C28H39Cl2N3O4S/c1-9-24(26(35)31-28(5,6)7)32(17-21-22(29)11-10-12-23(21)30)25(34)18-33(38(8,36)37)20-15-13-19(14-16-20)27(2,3)4/h10-16,24H,9,17-18H2,1-8H3,(H,31,35)/t24-/m1/s1. The predicted molar refractivity (Wildman–Crippen MR) is 156 cm³/mol. The molecular formula is C28H39Cl2N3O4S. The van der Waals surface area contributed by atoms with Gasteiger partial charge >= 0.3 is 0 Å². The number of carbonyl (C=O) groups excluding carboxylic acids is 2. The molecule has 38 heavy (non-hydrogen) atoms. The van der Waals surface area contributed by atoms with Gasteiger partial charge in [0.2, 0.25) is 21.8 Å². The number of halogens is 2. The van der Waals surface area contributed by atoms with Crippen molar-refractivity contribution >= 4 is 50.7 Å². The van der Waals surface area contributed by atoms with Gasteiger partial charge in [-0.1, -0.05) is 69.1 Å². The highest BCUT2D eigenvalue weighted by atomic mass is 35.5. The Morgan fingerprint density at radius 2 is 1.47 bits per heavy atom. The predicted octanol–water partition coefficient (Wildman–Crippen LogP) is 5.78. The molecule has 2 aromatic rings. The molecule has 2 rings (SSSR count). The van der Waals surface area contributed by atoms with Gasteiger partial charge in [0.25, 0.3) is 0 Å². The van der Waals surface area contributed by atoms with Gasteiger partial charge in [-0.3, -0.25) is 13.9 Å². The number of sulfonamides is 1. The third kappa shape index (κ3) is 8.61. The van der Waals surface area contributed by atoms with Crippen LogP contribution in [0.4, 0.5) is 5.69 Å². The molecule has 0 aromatic heterocycles. The number of amides is 2. The second-order valence-corrected chi connectivity index (χ2v) is 14.2. The summed E-state index contributed by atoms with van der Waals surface area (Å²) in [6, 6.07) is 11.2. The first kappa shape index (κ1) is 31.9. The summed E-state index contributed by atoms with van der Waals surface area (Å²) < 4.78 is 26.7. The maximum absolute atomic E-state index is 13.9. The number of benzene rings is 2. The smallest absolute Gasteiger partial charge is 0.244 e. The van der Waals surface area contributed by atoms with Gasteiger partial charge in [-0.15, -0.1) is 0 Å². The first-order valence-corrected chi connectivity index (χ1v) is 15.1. The zero-order valence-corrected chi connectivity index (χ0v) is 25.8. The van der Waals surface area contributed by atoms with E-state index in [0.717, 1.165) is 16.1 Å². The van der Waals surface area contributed by atoms with Gasteiger partial charge < -0.3 is 10.2 Å². The Balaban J connectivity index is 2.53. The SMILES string of the molecule is CC[C@H](C(=O)NC(C)(C)C)N(Cc1c(Cl)cccc1Cl)C(=O)CN(c1ccc(C(C)(C)C)cc1)S(C)(=O)=O. The van der Waals surface area contributed by atoms with Crippen molar-refractivity contribution in [3.05, 3.63) is 63.6 Å². The molecule has 10 heteroatoms. The fraction of sp³-hybridized carbons (Fsp3) is 0.500. The summed E-state index contributed by atoms with van der Waals surface area (Å²) >= 11 is 12.8. The van der Waals surface area contributed by atoms with Gasteiger partial charge in [0.15, 0.2) is 0 Å². The van der Waals surface area contributed by atoms with Gasteiger partial charge in [0, 0.05) is 27.7 Å². The number of rotatable bonds is 9. The van der Waals surface area contributed by atoms with E-state index in [1.807, 2.05) is 32.9 Å². The second-order valence-electron chi connectivity index (χ2n) is 11.5. The highest BCUT2D eigenvalue weighted by Gasteiger charge is 2.33. The zero-order chi connectivity index (χ0) is 29.1. The van der Waals surface area contributed by atoms with Crippen molar-refractivity contribution < 1.29 is 18.0 Å². The summed E-state index contributed by atoms with van der Waals surface area (Å²) in [5.41, 5.74) is 1.21. The van der Waals surface area contributed by atoms with Gasteiger partial charge in [0.05, 0.1) is 11.9 Å². The van der Waals surface area contributed by atoms with E-state index in [9.17, 15) is 18.0 Å². The van der Waals surface area contributed by atoms with Crippen LogP contribution in [0.5, 0.6) is 0 Å². The molecule has 0 heterocycles. The molecule has 0 fully saturated rings. The van der Waals surface area contributed by atoms with E-state index in [0.29, 0.717) is 27.7 Å². The maximum atomic E-state index is 13.9. The number of hydrogen-bond acceptors (Lipinski definition) is 4. The fourth-order valence-electron chi connectivity index (χ4n) is 3.97. The van der Waals surface area contributed by atoms with E-state index >= 15 is 0 Å². The minimum atomic E-state index is -3.83. The number of carbonyl (C=O) groups is 2. The molecule has 0 spiro atoms. The lowest BCUT2D eigenvalue weighted by molar-refractivity contribution is -0.141. The molecule has 210 valence electrons. The van der Waals surface area contributed by atoms with Crippen LogP contribution >= 0.6 is 23.2 Å². The lowest BCUT2D eigenvalue weighted by Gasteiger charge is -2.35. The minimum Gasteiger partial charge on any atom is -0.350 e. The molecule has 0 aliphatic carbocycles. The summed E-state index contributed by atoms with van der Waals surface area (Å²) in [6.07, 6.45) is 1.35. The molecule has 1 N–H and O–H groups in total. The fourth-order valence-corrected chi connectivity index (χ4v) is 5.33. The maximum Gasteiger partial charge on any atom is 0.244 e. The van der Waals surface area contributed by atoms with Crippen LogP contribution in [0.2, 0.25) is 10.0 Å². The van der Waals surface area contributed by atoms with E-state index in [4.69, 9.17) is 23.2 Å². The highest BCUT2D eigenvalue weighted by molar-refractivity contribution is 7.92. The van der Waals surface area contributed by atoms with Crippen molar-refractivity contribution in [1.29, 1.82) is 0 Å². The topological polar surface area (TPSA) is 86.8 Å². The summed E-state index contributed by atoms with van der Waals surface area (Å²) in [4.78, 5) is 28.5. The molecule has 7 nitrogen and oxygen atoms in total.